The Morgan fingerprint density at radius 3 is 2.89 bits per heavy atom. The third kappa shape index (κ3) is 1.97. The van der Waals surface area contributed by atoms with Crippen molar-refractivity contribution in [2.24, 2.45) is 0 Å². The highest BCUT2D eigenvalue weighted by Gasteiger charge is 2.16. The second-order valence-corrected chi connectivity index (χ2v) is 2.14. The highest BCUT2D eigenvalue weighted by Crippen LogP contribution is 1.98. The van der Waals surface area contributed by atoms with Crippen molar-refractivity contribution in [3.8, 4) is 0 Å². The van der Waals surface area contributed by atoms with Gasteiger partial charge in [0.15, 0.2) is 0 Å². The molecule has 2 N–H and O–H groups in total. The van der Waals surface area contributed by atoms with E-state index in [4.69, 9.17) is 17.7 Å². The van der Waals surface area contributed by atoms with E-state index in [1.807, 2.05) is 0 Å². The van der Waals surface area contributed by atoms with Crippen molar-refractivity contribution in [2.45, 2.75) is 12.1 Å². The van der Waals surface area contributed by atoms with Crippen LogP contribution in [0.1, 0.15) is 0 Å². The first-order chi connectivity index (χ1) is 4.33. The van der Waals surface area contributed by atoms with E-state index in [0.717, 1.165) is 0 Å². The molecule has 0 aliphatic carbocycles. The Labute approximate surface area is 55.8 Å². The third-order valence-corrected chi connectivity index (χ3v) is 1.29. The highest BCUT2D eigenvalue weighted by molar-refractivity contribution is 6.11. The second-order valence-electron chi connectivity index (χ2n) is 2.14. The van der Waals surface area contributed by atoms with Gasteiger partial charge in [-0.25, -0.2) is 0 Å². The van der Waals surface area contributed by atoms with E-state index >= 15 is 0 Å². The Morgan fingerprint density at radius 2 is 2.44 bits per heavy atom. The molecule has 2 atom stereocenters. The molecule has 2 unspecified atom stereocenters. The van der Waals surface area contributed by atoms with E-state index in [0.29, 0.717) is 13.1 Å². The van der Waals surface area contributed by atoms with Crippen molar-refractivity contribution in [3.63, 3.8) is 0 Å². The molecule has 0 saturated carbocycles. The molecular formula is C5H10BNO2. The molecule has 0 amide bonds. The average Bonchev–Trinajstić information content (AvgIpc) is 1.88. The fraction of sp³-hybridized carbons (Fsp3) is 1.00. The minimum atomic E-state index is -0.254. The molecule has 0 bridgehead atoms. The molecule has 1 aliphatic heterocycles. The number of aliphatic hydroxyl groups excluding tert-OH is 1. The van der Waals surface area contributed by atoms with Crippen LogP contribution in [0.2, 0.25) is 0 Å². The quantitative estimate of drug-likeness (QED) is 0.419. The van der Waals surface area contributed by atoms with Gasteiger partial charge < -0.3 is 15.2 Å². The zero-order valence-corrected chi connectivity index (χ0v) is 5.21. The van der Waals surface area contributed by atoms with Crippen molar-refractivity contribution < 1.29 is 9.84 Å². The van der Waals surface area contributed by atoms with Crippen molar-refractivity contribution in [1.82, 2.24) is 5.32 Å². The van der Waals surface area contributed by atoms with Gasteiger partial charge in [0.1, 0.15) is 7.85 Å². The Morgan fingerprint density at radius 1 is 1.67 bits per heavy atom. The second kappa shape index (κ2) is 3.20. The number of rotatable bonds is 1. The topological polar surface area (TPSA) is 41.5 Å². The van der Waals surface area contributed by atoms with Crippen molar-refractivity contribution >= 4 is 7.85 Å². The molecule has 3 nitrogen and oxygen atoms in total. The van der Waals surface area contributed by atoms with Gasteiger partial charge in [-0.05, 0) is 0 Å². The van der Waals surface area contributed by atoms with Gasteiger partial charge in [-0.15, -0.1) is 0 Å². The number of hydrogen-bond acceptors (Lipinski definition) is 3. The van der Waals surface area contributed by atoms with Gasteiger partial charge in [0.25, 0.3) is 0 Å². The van der Waals surface area contributed by atoms with Crippen LogP contribution in [0, 0.1) is 0 Å². The predicted molar refractivity (Wildman–Crippen MR) is 34.4 cm³/mol. The largest absolute Gasteiger partial charge is 0.394 e. The molecule has 0 aromatic rings. The lowest BCUT2D eigenvalue weighted by atomic mass is 9.98. The van der Waals surface area contributed by atoms with Crippen LogP contribution in [0.3, 0.4) is 0 Å². The van der Waals surface area contributed by atoms with Gasteiger partial charge in [0, 0.05) is 19.1 Å². The summed E-state index contributed by atoms with van der Waals surface area (Å²) in [6.45, 7) is 1.42. The van der Waals surface area contributed by atoms with Crippen molar-refractivity contribution in [3.05, 3.63) is 0 Å². The van der Waals surface area contributed by atoms with Crippen LogP contribution in [-0.2, 0) is 4.74 Å². The van der Waals surface area contributed by atoms with E-state index in [2.05, 4.69) is 5.32 Å². The number of aliphatic hydroxyl groups is 1. The zero-order valence-electron chi connectivity index (χ0n) is 5.21. The molecule has 9 heavy (non-hydrogen) atoms. The maximum Gasteiger partial charge on any atom is 0.110 e. The lowest BCUT2D eigenvalue weighted by Gasteiger charge is -2.27. The summed E-state index contributed by atoms with van der Waals surface area (Å²) in [6.07, 6.45) is -0.117. The summed E-state index contributed by atoms with van der Waals surface area (Å²) in [5.74, 6) is 0. The van der Waals surface area contributed by atoms with E-state index in [-0.39, 0.29) is 18.7 Å². The summed E-state index contributed by atoms with van der Waals surface area (Å²) < 4.78 is 5.10. The van der Waals surface area contributed by atoms with Gasteiger partial charge in [-0.1, -0.05) is 0 Å². The zero-order chi connectivity index (χ0) is 6.69. The lowest BCUT2D eigenvalue weighted by molar-refractivity contribution is -0.0257. The third-order valence-electron chi connectivity index (χ3n) is 1.29. The first-order valence-electron chi connectivity index (χ1n) is 3.05. The molecule has 2 radical (unpaired) electrons. The minimum absolute atomic E-state index is 0.0424. The van der Waals surface area contributed by atoms with Crippen LogP contribution in [0.25, 0.3) is 0 Å². The normalized spacial score (nSPS) is 36.6. The van der Waals surface area contributed by atoms with E-state index in [9.17, 15) is 0 Å². The molecule has 1 fully saturated rings. The summed E-state index contributed by atoms with van der Waals surface area (Å²) in [4.78, 5) is 0. The van der Waals surface area contributed by atoms with Crippen LogP contribution in [0.5, 0.6) is 0 Å². The summed E-state index contributed by atoms with van der Waals surface area (Å²) >= 11 is 0. The first-order valence-corrected chi connectivity index (χ1v) is 3.05. The smallest absolute Gasteiger partial charge is 0.110 e. The molecular weight excluding hydrogens is 117 g/mol. The molecule has 50 valence electrons. The summed E-state index contributed by atoms with van der Waals surface area (Å²) in [6, 6.07) is -0.254. The van der Waals surface area contributed by atoms with Gasteiger partial charge in [0.05, 0.1) is 12.7 Å². The number of nitrogens with one attached hydrogen (secondary N) is 1. The average molecular weight is 127 g/mol. The standard InChI is InChI=1S/C5H10BNO2/c6-5-2-7-1-4(3-8)9-5/h4-5,7-8H,1-3H2. The van der Waals surface area contributed by atoms with Gasteiger partial charge in [-0.2, -0.15) is 0 Å². The molecule has 1 rings (SSSR count). The predicted octanol–water partition coefficient (Wildman–Crippen LogP) is -1.54. The maximum atomic E-state index is 8.59. The SMILES string of the molecule is [B]C1CNCC(CO)O1. The summed E-state index contributed by atoms with van der Waals surface area (Å²) in [5, 5.41) is 11.6. The van der Waals surface area contributed by atoms with Gasteiger partial charge in [0.2, 0.25) is 0 Å². The Hall–Kier alpha value is -0.0551. The monoisotopic (exact) mass is 127 g/mol. The number of hydrogen-bond donors (Lipinski definition) is 2. The fourth-order valence-corrected chi connectivity index (χ4v) is 0.838. The first kappa shape index (κ1) is 7.06. The van der Waals surface area contributed by atoms with Crippen molar-refractivity contribution in [1.29, 1.82) is 0 Å². The molecule has 1 saturated heterocycles. The van der Waals surface area contributed by atoms with Gasteiger partial charge in [-0.3, -0.25) is 0 Å². The molecule has 0 aromatic heterocycles. The Bertz CT molecular complexity index is 91.0. The number of ether oxygens (including phenoxy) is 1. The van der Waals surface area contributed by atoms with Crippen LogP contribution < -0.4 is 5.32 Å². The highest BCUT2D eigenvalue weighted by atomic mass is 16.5. The molecule has 4 heteroatoms. The number of morpholine rings is 1. The summed E-state index contributed by atoms with van der Waals surface area (Å²) in [5.41, 5.74) is 0. The molecule has 1 aliphatic rings. The molecule has 1 heterocycles. The van der Waals surface area contributed by atoms with E-state index in [1.54, 1.807) is 0 Å². The molecule has 0 spiro atoms. The van der Waals surface area contributed by atoms with E-state index in [1.165, 1.54) is 0 Å². The van der Waals surface area contributed by atoms with Crippen LogP contribution in [-0.4, -0.2) is 44.8 Å². The minimum Gasteiger partial charge on any atom is -0.394 e. The lowest BCUT2D eigenvalue weighted by Crippen LogP contribution is -2.46. The van der Waals surface area contributed by atoms with Crippen LogP contribution in [0.15, 0.2) is 0 Å². The Kier molecular flexibility index (Phi) is 2.51. The summed E-state index contributed by atoms with van der Waals surface area (Å²) in [7, 11) is 5.40. The Balaban J connectivity index is 2.23. The maximum absolute atomic E-state index is 8.59. The van der Waals surface area contributed by atoms with Crippen LogP contribution in [0.4, 0.5) is 0 Å². The van der Waals surface area contributed by atoms with Crippen LogP contribution >= 0.6 is 0 Å². The van der Waals surface area contributed by atoms with E-state index < -0.39 is 0 Å². The van der Waals surface area contributed by atoms with Gasteiger partial charge >= 0.3 is 0 Å². The molecule has 0 aromatic carbocycles. The van der Waals surface area contributed by atoms with Crippen molar-refractivity contribution in [2.75, 3.05) is 19.7 Å². The fourth-order valence-electron chi connectivity index (χ4n) is 0.838.